The number of aromatic hydroxyl groups is 3. The number of Topliss-reactive ketones (excluding diaryl/α,β-unsaturated/α-hetero) is 1. The molecule has 0 spiro atoms. The summed E-state index contributed by atoms with van der Waals surface area (Å²) >= 11 is 0. The average Bonchev–Trinajstić information content (AvgIpc) is 3.20. The Morgan fingerprint density at radius 2 is 1.28 bits per heavy atom. The van der Waals surface area contributed by atoms with E-state index >= 15 is 0 Å². The summed E-state index contributed by atoms with van der Waals surface area (Å²) < 4.78 is 0. The zero-order chi connectivity index (χ0) is 41.2. The molecule has 6 N–H and O–H groups in total. The predicted octanol–water partition coefficient (Wildman–Crippen LogP) is 7.80. The Kier molecular flexibility index (Phi) is 13.0. The van der Waals surface area contributed by atoms with Crippen molar-refractivity contribution in [1.82, 2.24) is 0 Å². The normalized spacial score (nSPS) is 11.3. The number of amides is 3. The number of nitriles is 1. The summed E-state index contributed by atoms with van der Waals surface area (Å²) in [4.78, 5) is 64.8. The highest BCUT2D eigenvalue weighted by Crippen LogP contribution is 2.32. The van der Waals surface area contributed by atoms with Crippen LogP contribution in [0.4, 0.5) is 17.1 Å². The van der Waals surface area contributed by atoms with Crippen molar-refractivity contribution in [2.75, 3.05) is 16.0 Å². The molecule has 288 valence electrons. The number of phenols is 3. The molecule has 5 aromatic rings. The number of nitrogens with one attached hydrogen (secondary N) is 3. The summed E-state index contributed by atoms with van der Waals surface area (Å²) in [6.07, 6.45) is 2.77. The van der Waals surface area contributed by atoms with Gasteiger partial charge in [-0.1, -0.05) is 48.5 Å². The van der Waals surface area contributed by atoms with Gasteiger partial charge in [0.15, 0.2) is 11.6 Å². The van der Waals surface area contributed by atoms with E-state index in [1.165, 1.54) is 54.6 Å². The first-order valence-corrected chi connectivity index (χ1v) is 17.9. The molecule has 0 saturated heterocycles. The molecule has 57 heavy (non-hydrogen) atoms. The summed E-state index contributed by atoms with van der Waals surface area (Å²) in [6, 6.07) is 27.0. The average molecular weight is 765 g/mol. The first kappa shape index (κ1) is 40.7. The third kappa shape index (κ3) is 10.4. The van der Waals surface area contributed by atoms with Crippen molar-refractivity contribution in [3.63, 3.8) is 0 Å². The number of anilines is 3. The van der Waals surface area contributed by atoms with Gasteiger partial charge in [-0.15, -0.1) is 0 Å². The quantitative estimate of drug-likeness (QED) is 0.0481. The minimum atomic E-state index is -0.953. The van der Waals surface area contributed by atoms with Gasteiger partial charge in [0.05, 0.1) is 17.6 Å². The minimum absolute atomic E-state index is 0.0276. The summed E-state index contributed by atoms with van der Waals surface area (Å²) in [6.45, 7) is 4.95. The first-order chi connectivity index (χ1) is 27.2. The van der Waals surface area contributed by atoms with Crippen LogP contribution in [0.3, 0.4) is 0 Å². The van der Waals surface area contributed by atoms with Gasteiger partial charge in [0.25, 0.3) is 11.8 Å². The summed E-state index contributed by atoms with van der Waals surface area (Å²) in [5.41, 5.74) is 4.36. The second-order valence-electron chi connectivity index (χ2n) is 13.5. The van der Waals surface area contributed by atoms with Crippen molar-refractivity contribution in [1.29, 1.82) is 5.26 Å². The van der Waals surface area contributed by atoms with Crippen LogP contribution >= 0.6 is 0 Å². The van der Waals surface area contributed by atoms with Crippen LogP contribution in [0.25, 0.3) is 6.08 Å². The van der Waals surface area contributed by atoms with Gasteiger partial charge >= 0.3 is 0 Å². The second kappa shape index (κ2) is 18.2. The van der Waals surface area contributed by atoms with Crippen molar-refractivity contribution in [3.8, 4) is 23.3 Å². The maximum atomic E-state index is 13.2. The third-order valence-corrected chi connectivity index (χ3v) is 9.37. The molecule has 0 aliphatic carbocycles. The molecule has 0 bridgehead atoms. The molecular weight excluding hydrogens is 725 g/mol. The van der Waals surface area contributed by atoms with E-state index in [0.29, 0.717) is 33.6 Å². The Morgan fingerprint density at radius 3 is 1.93 bits per heavy atom. The molecule has 12 nitrogen and oxygen atoms in total. The van der Waals surface area contributed by atoms with Gasteiger partial charge in [0.1, 0.15) is 17.2 Å². The van der Waals surface area contributed by atoms with Crippen LogP contribution in [0.5, 0.6) is 17.2 Å². The molecule has 0 aromatic heterocycles. The smallest absolute Gasteiger partial charge is 0.259 e. The molecule has 5 rings (SSSR count). The summed E-state index contributed by atoms with van der Waals surface area (Å²) in [5.74, 6) is -3.26. The van der Waals surface area contributed by atoms with E-state index in [9.17, 15) is 44.6 Å². The van der Waals surface area contributed by atoms with Crippen LogP contribution in [-0.2, 0) is 16.0 Å². The monoisotopic (exact) mass is 764 g/mol. The van der Waals surface area contributed by atoms with E-state index in [1.807, 2.05) is 6.07 Å². The van der Waals surface area contributed by atoms with Crippen molar-refractivity contribution in [3.05, 3.63) is 148 Å². The topological polar surface area (TPSA) is 206 Å². The SMILES string of the molecule is Cc1ccc(NC(=O)c2ccc(NC(=O)c3ccc(NC(=O)C(CC#N)CC(=O)c4ccc(CC(=O)/C=C/c5ccc(O)cc5)cc4)cc3)c(C)c2O)c(C)c1O. The van der Waals surface area contributed by atoms with E-state index in [1.54, 1.807) is 75.4 Å². The Morgan fingerprint density at radius 1 is 0.684 bits per heavy atom. The van der Waals surface area contributed by atoms with Gasteiger partial charge in [-0.3, -0.25) is 24.0 Å². The molecule has 1 unspecified atom stereocenters. The van der Waals surface area contributed by atoms with Crippen LogP contribution in [-0.4, -0.2) is 44.6 Å². The van der Waals surface area contributed by atoms with Gasteiger partial charge in [-0.05, 0) is 98.1 Å². The number of hydrogen-bond donors (Lipinski definition) is 6. The van der Waals surface area contributed by atoms with Gasteiger partial charge in [0.2, 0.25) is 5.91 Å². The minimum Gasteiger partial charge on any atom is -0.508 e. The fraction of sp³-hybridized carbons (Fsp3) is 0.156. The van der Waals surface area contributed by atoms with Crippen molar-refractivity contribution in [2.24, 2.45) is 5.92 Å². The number of allylic oxidation sites excluding steroid dienone is 1. The number of hydrogen-bond acceptors (Lipinski definition) is 9. The number of carbonyl (C=O) groups is 5. The van der Waals surface area contributed by atoms with E-state index in [0.717, 1.165) is 5.56 Å². The van der Waals surface area contributed by atoms with E-state index in [-0.39, 0.29) is 70.5 Å². The van der Waals surface area contributed by atoms with Gasteiger partial charge in [-0.25, -0.2) is 0 Å². The molecule has 0 heterocycles. The molecule has 12 heteroatoms. The van der Waals surface area contributed by atoms with Crippen molar-refractivity contribution < 1.29 is 39.3 Å². The Hall–Kier alpha value is -7.52. The number of rotatable bonds is 14. The van der Waals surface area contributed by atoms with Gasteiger partial charge < -0.3 is 31.3 Å². The zero-order valence-electron chi connectivity index (χ0n) is 31.4. The number of carbonyl (C=O) groups excluding carboxylic acids is 5. The third-order valence-electron chi connectivity index (χ3n) is 9.37. The maximum Gasteiger partial charge on any atom is 0.259 e. The van der Waals surface area contributed by atoms with Crippen molar-refractivity contribution >= 4 is 52.4 Å². The molecule has 0 aliphatic rings. The highest BCUT2D eigenvalue weighted by molar-refractivity contribution is 6.09. The van der Waals surface area contributed by atoms with Gasteiger partial charge in [0, 0.05) is 58.6 Å². The lowest BCUT2D eigenvalue weighted by atomic mass is 9.94. The number of nitrogens with zero attached hydrogens (tertiary/aromatic N) is 1. The molecule has 0 saturated carbocycles. The molecule has 5 aromatic carbocycles. The zero-order valence-corrected chi connectivity index (χ0v) is 31.4. The number of aryl methyl sites for hydroxylation is 1. The summed E-state index contributed by atoms with van der Waals surface area (Å²) in [7, 11) is 0. The fourth-order valence-corrected chi connectivity index (χ4v) is 5.88. The Bertz CT molecular complexity index is 2410. The lowest BCUT2D eigenvalue weighted by Crippen LogP contribution is -2.25. The van der Waals surface area contributed by atoms with E-state index in [4.69, 9.17) is 0 Å². The first-order valence-electron chi connectivity index (χ1n) is 17.9. The molecule has 0 radical (unpaired) electrons. The van der Waals surface area contributed by atoms with Crippen LogP contribution in [0.1, 0.15) is 71.7 Å². The molecular formula is C45H40N4O8. The van der Waals surface area contributed by atoms with E-state index < -0.39 is 23.6 Å². The standard InChI is InChI=1S/C45H40N4O8/c1-26-4-20-38(27(2)41(26)53)49-45(57)37-19-21-39(28(3)42(37)54)48-43(55)32-12-14-34(15-13-32)47-44(56)33(22-23-46)25-40(52)31-10-5-30(6-11-31)24-36(51)18-9-29-7-16-35(50)17-8-29/h4-21,33,50,53-54H,22,24-25H2,1-3H3,(H,47,56)(H,48,55)(H,49,57)/b18-9+. The fourth-order valence-electron chi connectivity index (χ4n) is 5.88. The molecule has 0 aliphatic heterocycles. The lowest BCUT2D eigenvalue weighted by molar-refractivity contribution is -0.119. The molecule has 0 fully saturated rings. The van der Waals surface area contributed by atoms with Crippen LogP contribution < -0.4 is 16.0 Å². The lowest BCUT2D eigenvalue weighted by Gasteiger charge is -2.15. The van der Waals surface area contributed by atoms with Crippen LogP contribution in [0.15, 0.2) is 103 Å². The largest absolute Gasteiger partial charge is 0.508 e. The van der Waals surface area contributed by atoms with Crippen LogP contribution in [0, 0.1) is 38.0 Å². The highest BCUT2D eigenvalue weighted by atomic mass is 16.3. The van der Waals surface area contributed by atoms with Crippen molar-refractivity contribution in [2.45, 2.75) is 40.0 Å². The number of benzene rings is 5. The Labute approximate surface area is 329 Å². The second-order valence-corrected chi connectivity index (χ2v) is 13.5. The molecule has 3 amide bonds. The van der Waals surface area contributed by atoms with Crippen LogP contribution in [0.2, 0.25) is 0 Å². The number of phenolic OH excluding ortho intramolecular Hbond substituents is 3. The van der Waals surface area contributed by atoms with Gasteiger partial charge in [-0.2, -0.15) is 5.26 Å². The number of ketones is 2. The van der Waals surface area contributed by atoms with E-state index in [2.05, 4.69) is 16.0 Å². The maximum absolute atomic E-state index is 13.2. The summed E-state index contributed by atoms with van der Waals surface area (Å²) in [5, 5.41) is 47.9. The molecule has 1 atom stereocenters. The Balaban J connectivity index is 1.15. The predicted molar refractivity (Wildman–Crippen MR) is 216 cm³/mol. The highest BCUT2D eigenvalue weighted by Gasteiger charge is 2.24.